The Morgan fingerprint density at radius 2 is 2.11 bits per heavy atom. The highest BCUT2D eigenvalue weighted by molar-refractivity contribution is 7.92. The Hall–Kier alpha value is -2.62. The van der Waals surface area contributed by atoms with Crippen LogP contribution < -0.4 is 14.4 Å². The van der Waals surface area contributed by atoms with Crippen LogP contribution in [0.5, 0.6) is 5.75 Å². The number of fused-ring (bicyclic) bond motifs is 1. The predicted octanol–water partition coefficient (Wildman–Crippen LogP) is 3.64. The van der Waals surface area contributed by atoms with Gasteiger partial charge in [-0.05, 0) is 36.4 Å². The SMILES string of the molecule is O=C(Nc1nccs1)c1ccc2c(c1)N(S(=O)(=O)c1cccc(Cl)c1)CCO2. The molecule has 0 spiro atoms. The summed E-state index contributed by atoms with van der Waals surface area (Å²) in [5, 5.41) is 5.21. The van der Waals surface area contributed by atoms with E-state index in [4.69, 9.17) is 16.3 Å². The number of rotatable bonds is 4. The molecule has 4 rings (SSSR count). The lowest BCUT2D eigenvalue weighted by atomic mass is 10.1. The van der Waals surface area contributed by atoms with Crippen LogP contribution in [0.2, 0.25) is 5.02 Å². The van der Waals surface area contributed by atoms with E-state index in [1.807, 2.05) is 0 Å². The summed E-state index contributed by atoms with van der Waals surface area (Å²) in [6, 6.07) is 10.7. The Labute approximate surface area is 170 Å². The van der Waals surface area contributed by atoms with E-state index < -0.39 is 10.0 Å². The Morgan fingerprint density at radius 1 is 1.25 bits per heavy atom. The highest BCUT2D eigenvalue weighted by atomic mass is 35.5. The number of benzene rings is 2. The van der Waals surface area contributed by atoms with E-state index in [0.717, 1.165) is 0 Å². The Kier molecular flexibility index (Phi) is 4.96. The van der Waals surface area contributed by atoms with Gasteiger partial charge in [0, 0.05) is 22.2 Å². The molecule has 0 saturated carbocycles. The molecule has 144 valence electrons. The van der Waals surface area contributed by atoms with Crippen LogP contribution in [0.25, 0.3) is 0 Å². The van der Waals surface area contributed by atoms with Gasteiger partial charge in [-0.25, -0.2) is 13.4 Å². The van der Waals surface area contributed by atoms with Gasteiger partial charge >= 0.3 is 0 Å². The van der Waals surface area contributed by atoms with Crippen molar-refractivity contribution in [1.82, 2.24) is 4.98 Å². The number of hydrogen-bond acceptors (Lipinski definition) is 6. The van der Waals surface area contributed by atoms with E-state index in [2.05, 4.69) is 10.3 Å². The molecule has 0 saturated heterocycles. The van der Waals surface area contributed by atoms with Gasteiger partial charge in [0.05, 0.1) is 17.1 Å². The number of carbonyl (C=O) groups is 1. The minimum atomic E-state index is -3.86. The summed E-state index contributed by atoms with van der Waals surface area (Å²) < 4.78 is 33.1. The highest BCUT2D eigenvalue weighted by Gasteiger charge is 2.31. The minimum Gasteiger partial charge on any atom is -0.489 e. The van der Waals surface area contributed by atoms with Gasteiger partial charge < -0.3 is 4.74 Å². The standard InChI is InChI=1S/C18H14ClN3O4S2/c19-13-2-1-3-14(11-13)28(24,25)22-7-8-26-16-5-4-12(10-15(16)22)17(23)21-18-20-6-9-27-18/h1-6,9-11H,7-8H2,(H,20,21,23). The molecule has 1 N–H and O–H groups in total. The van der Waals surface area contributed by atoms with Gasteiger partial charge in [0.15, 0.2) is 5.13 Å². The lowest BCUT2D eigenvalue weighted by Crippen LogP contribution is -2.38. The van der Waals surface area contributed by atoms with Crippen LogP contribution in [0, 0.1) is 0 Å². The number of nitrogens with zero attached hydrogens (tertiary/aromatic N) is 2. The van der Waals surface area contributed by atoms with Crippen molar-refractivity contribution in [3.05, 3.63) is 64.6 Å². The van der Waals surface area contributed by atoms with Gasteiger partial charge in [-0.2, -0.15) is 0 Å². The number of thiazole rings is 1. The van der Waals surface area contributed by atoms with Crippen LogP contribution in [0.15, 0.2) is 58.9 Å². The van der Waals surface area contributed by atoms with Crippen molar-refractivity contribution in [2.45, 2.75) is 4.90 Å². The maximum atomic E-state index is 13.1. The smallest absolute Gasteiger partial charge is 0.264 e. The van der Waals surface area contributed by atoms with E-state index in [1.54, 1.807) is 35.8 Å². The average Bonchev–Trinajstić information content (AvgIpc) is 3.20. The molecule has 2 aromatic carbocycles. The molecule has 1 aliphatic heterocycles. The zero-order chi connectivity index (χ0) is 19.7. The van der Waals surface area contributed by atoms with Crippen molar-refractivity contribution in [2.75, 3.05) is 22.8 Å². The molecular formula is C18H14ClN3O4S2. The first-order chi connectivity index (χ1) is 13.4. The van der Waals surface area contributed by atoms with Crippen molar-refractivity contribution in [1.29, 1.82) is 0 Å². The molecule has 1 amide bonds. The van der Waals surface area contributed by atoms with Crippen molar-refractivity contribution in [2.24, 2.45) is 0 Å². The minimum absolute atomic E-state index is 0.0745. The molecule has 0 atom stereocenters. The third kappa shape index (κ3) is 3.56. The number of ether oxygens (including phenoxy) is 1. The normalized spacial score (nSPS) is 13.5. The number of nitrogens with one attached hydrogen (secondary N) is 1. The first-order valence-electron chi connectivity index (χ1n) is 8.21. The molecule has 7 nitrogen and oxygen atoms in total. The predicted molar refractivity (Wildman–Crippen MR) is 108 cm³/mol. The lowest BCUT2D eigenvalue weighted by Gasteiger charge is -2.30. The van der Waals surface area contributed by atoms with E-state index in [1.165, 1.54) is 33.8 Å². The fourth-order valence-electron chi connectivity index (χ4n) is 2.79. The summed E-state index contributed by atoms with van der Waals surface area (Å²) in [5.74, 6) is 0.00563. The molecule has 2 heterocycles. The summed E-state index contributed by atoms with van der Waals surface area (Å²) in [5.41, 5.74) is 0.601. The van der Waals surface area contributed by atoms with Crippen LogP contribution >= 0.6 is 22.9 Å². The van der Waals surface area contributed by atoms with Crippen molar-refractivity contribution >= 4 is 49.7 Å². The first kappa shape index (κ1) is 18.7. The fourth-order valence-corrected chi connectivity index (χ4v) is 5.07. The number of carbonyl (C=O) groups excluding carboxylic acids is 1. The Bertz CT molecular complexity index is 1130. The molecular weight excluding hydrogens is 422 g/mol. The number of halogens is 1. The van der Waals surface area contributed by atoms with E-state index in [9.17, 15) is 13.2 Å². The van der Waals surface area contributed by atoms with Crippen molar-refractivity contribution in [3.8, 4) is 5.75 Å². The van der Waals surface area contributed by atoms with Gasteiger partial charge in [0.2, 0.25) is 0 Å². The van der Waals surface area contributed by atoms with Gasteiger partial charge in [0.1, 0.15) is 12.4 Å². The second-order valence-corrected chi connectivity index (χ2v) is 9.05. The molecule has 0 aliphatic carbocycles. The summed E-state index contributed by atoms with van der Waals surface area (Å²) in [6.07, 6.45) is 1.58. The lowest BCUT2D eigenvalue weighted by molar-refractivity contribution is 0.102. The topological polar surface area (TPSA) is 88.6 Å². The molecule has 3 aromatic rings. The van der Waals surface area contributed by atoms with Crippen LogP contribution in [0.4, 0.5) is 10.8 Å². The number of sulfonamides is 1. The molecule has 0 bridgehead atoms. The Morgan fingerprint density at radius 3 is 2.86 bits per heavy atom. The number of amides is 1. The van der Waals surface area contributed by atoms with Crippen LogP contribution in [0.1, 0.15) is 10.4 Å². The first-order valence-corrected chi connectivity index (χ1v) is 10.9. The van der Waals surface area contributed by atoms with Crippen molar-refractivity contribution in [3.63, 3.8) is 0 Å². The largest absolute Gasteiger partial charge is 0.489 e. The quantitative estimate of drug-likeness (QED) is 0.675. The van der Waals surface area contributed by atoms with E-state index in [-0.39, 0.29) is 24.0 Å². The van der Waals surface area contributed by atoms with Crippen LogP contribution in [0.3, 0.4) is 0 Å². The van der Waals surface area contributed by atoms with E-state index >= 15 is 0 Å². The van der Waals surface area contributed by atoms with Gasteiger partial charge in [-0.1, -0.05) is 17.7 Å². The average molecular weight is 436 g/mol. The van der Waals surface area contributed by atoms with Crippen molar-refractivity contribution < 1.29 is 17.9 Å². The molecule has 1 aliphatic rings. The number of aromatic nitrogens is 1. The second kappa shape index (κ2) is 7.42. The highest BCUT2D eigenvalue weighted by Crippen LogP contribution is 2.36. The molecule has 10 heteroatoms. The fraction of sp³-hybridized carbons (Fsp3) is 0.111. The molecule has 28 heavy (non-hydrogen) atoms. The second-order valence-electron chi connectivity index (χ2n) is 5.86. The summed E-state index contributed by atoms with van der Waals surface area (Å²) in [4.78, 5) is 16.6. The zero-order valence-corrected chi connectivity index (χ0v) is 16.7. The monoisotopic (exact) mass is 435 g/mol. The van der Waals surface area contributed by atoms with Gasteiger partial charge in [-0.3, -0.25) is 14.4 Å². The molecule has 0 fully saturated rings. The van der Waals surface area contributed by atoms with Crippen LogP contribution in [-0.2, 0) is 10.0 Å². The maximum Gasteiger partial charge on any atom is 0.264 e. The summed E-state index contributed by atoms with van der Waals surface area (Å²) >= 11 is 7.25. The Balaban J connectivity index is 1.71. The zero-order valence-electron chi connectivity index (χ0n) is 14.3. The molecule has 0 radical (unpaired) electrons. The summed E-state index contributed by atoms with van der Waals surface area (Å²) in [6.45, 7) is 0.330. The van der Waals surface area contributed by atoms with E-state index in [0.29, 0.717) is 27.2 Å². The van der Waals surface area contributed by atoms with Crippen LogP contribution in [-0.4, -0.2) is 32.5 Å². The molecule has 0 unspecified atom stereocenters. The number of hydrogen-bond donors (Lipinski definition) is 1. The van der Waals surface area contributed by atoms with Gasteiger partial charge in [-0.15, -0.1) is 11.3 Å². The summed E-state index contributed by atoms with van der Waals surface area (Å²) in [7, 11) is -3.86. The number of anilines is 2. The third-order valence-electron chi connectivity index (χ3n) is 4.08. The molecule has 1 aromatic heterocycles. The third-order valence-corrected chi connectivity index (χ3v) is 6.81. The maximum absolute atomic E-state index is 13.1. The van der Waals surface area contributed by atoms with Gasteiger partial charge in [0.25, 0.3) is 15.9 Å².